The monoisotopic (exact) mass is 205 g/mol. The standard InChI is InChI=1S/C13H16FN/c14-12-5-3-11-8-15-13(9-1-2-9)6-4-10(11)7-12/h3,5,7,9,13,15H,1-2,4,6,8H2/t13-/m0/s1. The van der Waals surface area contributed by atoms with E-state index < -0.39 is 0 Å². The molecule has 1 nitrogen and oxygen atoms in total. The van der Waals surface area contributed by atoms with Gasteiger partial charge in [-0.2, -0.15) is 0 Å². The third kappa shape index (κ3) is 1.91. The quantitative estimate of drug-likeness (QED) is 0.743. The minimum atomic E-state index is -0.0985. The lowest BCUT2D eigenvalue weighted by atomic mass is 10.0. The summed E-state index contributed by atoms with van der Waals surface area (Å²) >= 11 is 0. The predicted octanol–water partition coefficient (Wildman–Crippen LogP) is 2.64. The Morgan fingerprint density at radius 2 is 2.00 bits per heavy atom. The van der Waals surface area contributed by atoms with E-state index >= 15 is 0 Å². The first-order valence-corrected chi connectivity index (χ1v) is 5.83. The molecule has 2 aliphatic rings. The van der Waals surface area contributed by atoms with Crippen LogP contribution < -0.4 is 5.32 Å². The van der Waals surface area contributed by atoms with Crippen molar-refractivity contribution in [2.75, 3.05) is 0 Å². The van der Waals surface area contributed by atoms with Crippen LogP contribution in [-0.2, 0) is 13.0 Å². The fourth-order valence-corrected chi connectivity index (χ4v) is 2.55. The normalized spacial score (nSPS) is 25.8. The molecule has 0 spiro atoms. The topological polar surface area (TPSA) is 12.0 Å². The van der Waals surface area contributed by atoms with Crippen LogP contribution in [-0.4, -0.2) is 6.04 Å². The zero-order valence-electron chi connectivity index (χ0n) is 8.80. The number of nitrogens with one attached hydrogen (secondary N) is 1. The zero-order chi connectivity index (χ0) is 10.3. The summed E-state index contributed by atoms with van der Waals surface area (Å²) in [6.07, 6.45) is 4.95. The van der Waals surface area contributed by atoms with Gasteiger partial charge in [0.05, 0.1) is 0 Å². The van der Waals surface area contributed by atoms with Gasteiger partial charge in [-0.25, -0.2) is 4.39 Å². The van der Waals surface area contributed by atoms with Gasteiger partial charge in [-0.15, -0.1) is 0 Å². The molecule has 1 saturated carbocycles. The highest BCUT2D eigenvalue weighted by molar-refractivity contribution is 5.29. The molecule has 15 heavy (non-hydrogen) atoms. The number of fused-ring (bicyclic) bond motifs is 1. The summed E-state index contributed by atoms with van der Waals surface area (Å²) < 4.78 is 13.1. The third-order valence-electron chi connectivity index (χ3n) is 3.64. The Bertz CT molecular complexity index is 371. The van der Waals surface area contributed by atoms with E-state index in [2.05, 4.69) is 5.32 Å². The molecule has 80 valence electrons. The summed E-state index contributed by atoms with van der Waals surface area (Å²) in [4.78, 5) is 0. The van der Waals surface area contributed by atoms with Gasteiger partial charge in [0.15, 0.2) is 0 Å². The minimum Gasteiger partial charge on any atom is -0.310 e. The van der Waals surface area contributed by atoms with Crippen molar-refractivity contribution in [1.82, 2.24) is 5.32 Å². The highest BCUT2D eigenvalue weighted by Gasteiger charge is 2.31. The zero-order valence-corrected chi connectivity index (χ0v) is 8.80. The van der Waals surface area contributed by atoms with E-state index in [1.807, 2.05) is 6.07 Å². The fraction of sp³-hybridized carbons (Fsp3) is 0.538. The molecule has 0 amide bonds. The number of aryl methyl sites for hydroxylation is 1. The van der Waals surface area contributed by atoms with Crippen LogP contribution >= 0.6 is 0 Å². The van der Waals surface area contributed by atoms with E-state index in [1.54, 1.807) is 12.1 Å². The van der Waals surface area contributed by atoms with Crippen molar-refractivity contribution >= 4 is 0 Å². The Hall–Kier alpha value is -0.890. The average molecular weight is 205 g/mol. The van der Waals surface area contributed by atoms with Crippen LogP contribution in [0.1, 0.15) is 30.4 Å². The second-order valence-corrected chi connectivity index (χ2v) is 4.78. The summed E-state index contributed by atoms with van der Waals surface area (Å²) in [7, 11) is 0. The van der Waals surface area contributed by atoms with Crippen LogP contribution in [0.4, 0.5) is 4.39 Å². The molecule has 1 heterocycles. The van der Waals surface area contributed by atoms with Crippen LogP contribution in [0, 0.1) is 11.7 Å². The molecule has 2 heteroatoms. The molecule has 1 aliphatic heterocycles. The van der Waals surface area contributed by atoms with Gasteiger partial charge in [0.1, 0.15) is 5.82 Å². The molecule has 0 radical (unpaired) electrons. The number of halogens is 1. The van der Waals surface area contributed by atoms with Crippen LogP contribution in [0.25, 0.3) is 0 Å². The van der Waals surface area contributed by atoms with Crippen molar-refractivity contribution < 1.29 is 4.39 Å². The first-order chi connectivity index (χ1) is 7.33. The highest BCUT2D eigenvalue weighted by atomic mass is 19.1. The van der Waals surface area contributed by atoms with E-state index in [-0.39, 0.29) is 5.82 Å². The second kappa shape index (κ2) is 3.60. The van der Waals surface area contributed by atoms with Gasteiger partial charge in [-0.05, 0) is 54.9 Å². The van der Waals surface area contributed by atoms with E-state index in [9.17, 15) is 4.39 Å². The molecule has 0 bridgehead atoms. The third-order valence-corrected chi connectivity index (χ3v) is 3.64. The van der Waals surface area contributed by atoms with Crippen molar-refractivity contribution in [1.29, 1.82) is 0 Å². The lowest BCUT2D eigenvalue weighted by Gasteiger charge is -2.13. The van der Waals surface area contributed by atoms with Crippen molar-refractivity contribution in [3.63, 3.8) is 0 Å². The van der Waals surface area contributed by atoms with E-state index in [4.69, 9.17) is 0 Å². The van der Waals surface area contributed by atoms with E-state index in [1.165, 1.54) is 30.4 Å². The number of hydrogen-bond acceptors (Lipinski definition) is 1. The average Bonchev–Trinajstić information content (AvgIpc) is 3.01. The molecule has 1 fully saturated rings. The molecular formula is C13H16FN. The molecule has 0 unspecified atom stereocenters. The van der Waals surface area contributed by atoms with Crippen LogP contribution in [0.5, 0.6) is 0 Å². The first-order valence-electron chi connectivity index (χ1n) is 5.83. The van der Waals surface area contributed by atoms with Crippen molar-refractivity contribution in [2.45, 2.75) is 38.3 Å². The molecule has 1 aromatic carbocycles. The first kappa shape index (κ1) is 9.34. The summed E-state index contributed by atoms with van der Waals surface area (Å²) in [6.45, 7) is 0.913. The number of hydrogen-bond donors (Lipinski definition) is 1. The molecule has 0 saturated heterocycles. The van der Waals surface area contributed by atoms with Crippen LogP contribution in [0.3, 0.4) is 0 Å². The van der Waals surface area contributed by atoms with Gasteiger partial charge < -0.3 is 5.32 Å². The molecule has 1 N–H and O–H groups in total. The molecule has 1 aliphatic carbocycles. The smallest absolute Gasteiger partial charge is 0.123 e. The van der Waals surface area contributed by atoms with Crippen LogP contribution in [0.2, 0.25) is 0 Å². The maximum Gasteiger partial charge on any atom is 0.123 e. The molecule has 0 aromatic heterocycles. The maximum atomic E-state index is 13.1. The number of benzene rings is 1. The largest absolute Gasteiger partial charge is 0.310 e. The summed E-state index contributed by atoms with van der Waals surface area (Å²) in [5.41, 5.74) is 2.48. The van der Waals surface area contributed by atoms with Gasteiger partial charge in [-0.1, -0.05) is 6.07 Å². The highest BCUT2D eigenvalue weighted by Crippen LogP contribution is 2.35. The van der Waals surface area contributed by atoms with E-state index in [0.29, 0.717) is 6.04 Å². The lowest BCUT2D eigenvalue weighted by Crippen LogP contribution is -2.29. The SMILES string of the molecule is Fc1ccc2c(c1)CC[C@@H](C1CC1)NC2. The summed E-state index contributed by atoms with van der Waals surface area (Å²) in [5.74, 6) is 0.794. The Labute approximate surface area is 89.7 Å². The molecular weight excluding hydrogens is 189 g/mol. The van der Waals surface area contributed by atoms with Gasteiger partial charge in [0.2, 0.25) is 0 Å². The molecule has 1 atom stereocenters. The Morgan fingerprint density at radius 1 is 1.13 bits per heavy atom. The van der Waals surface area contributed by atoms with Crippen molar-refractivity contribution in [3.05, 3.63) is 35.1 Å². The predicted molar refractivity (Wildman–Crippen MR) is 58.1 cm³/mol. The Balaban J connectivity index is 1.81. The van der Waals surface area contributed by atoms with Crippen molar-refractivity contribution in [2.24, 2.45) is 5.92 Å². The minimum absolute atomic E-state index is 0.0985. The van der Waals surface area contributed by atoms with E-state index in [0.717, 1.165) is 18.9 Å². The molecule has 1 aromatic rings. The second-order valence-electron chi connectivity index (χ2n) is 4.78. The Morgan fingerprint density at radius 3 is 2.80 bits per heavy atom. The Kier molecular flexibility index (Phi) is 2.24. The van der Waals surface area contributed by atoms with Crippen LogP contribution in [0.15, 0.2) is 18.2 Å². The van der Waals surface area contributed by atoms with Crippen molar-refractivity contribution in [3.8, 4) is 0 Å². The maximum absolute atomic E-state index is 13.1. The van der Waals surface area contributed by atoms with Gasteiger partial charge in [0.25, 0.3) is 0 Å². The van der Waals surface area contributed by atoms with Gasteiger partial charge in [-0.3, -0.25) is 0 Å². The van der Waals surface area contributed by atoms with Gasteiger partial charge >= 0.3 is 0 Å². The molecule has 3 rings (SSSR count). The van der Waals surface area contributed by atoms with Gasteiger partial charge in [0, 0.05) is 12.6 Å². The number of rotatable bonds is 1. The fourth-order valence-electron chi connectivity index (χ4n) is 2.55. The lowest BCUT2D eigenvalue weighted by molar-refractivity contribution is 0.447. The summed E-state index contributed by atoms with van der Waals surface area (Å²) in [5, 5.41) is 3.60. The summed E-state index contributed by atoms with van der Waals surface area (Å²) in [6, 6.07) is 5.86.